The molecule has 0 bridgehead atoms. The van der Waals surface area contributed by atoms with Crippen LogP contribution in [0.4, 0.5) is 5.69 Å². The fourth-order valence-corrected chi connectivity index (χ4v) is 3.05. The summed E-state index contributed by atoms with van der Waals surface area (Å²) in [5.74, 6) is -0.594. The van der Waals surface area contributed by atoms with E-state index < -0.39 is 11.9 Å². The topological polar surface area (TPSA) is 106 Å². The number of amides is 2. The maximum Gasteiger partial charge on any atom is 0.343 e. The summed E-state index contributed by atoms with van der Waals surface area (Å²) >= 11 is 5.86. The van der Waals surface area contributed by atoms with Gasteiger partial charge in [-0.25, -0.2) is 10.2 Å². The Morgan fingerprint density at radius 3 is 2.25 bits per heavy atom. The number of carbonyl (C=O) groups excluding carboxylic acids is 3. The fourth-order valence-electron chi connectivity index (χ4n) is 2.92. The molecule has 0 spiro atoms. The first-order valence-corrected chi connectivity index (χ1v) is 11.6. The Hall–Kier alpha value is -4.17. The molecule has 2 amide bonds. The molecule has 0 aromatic heterocycles. The number of nitrogens with one attached hydrogen (secondary N) is 2. The molecule has 0 saturated carbocycles. The number of halogens is 1. The Morgan fingerprint density at radius 1 is 0.944 bits per heavy atom. The number of carbonyl (C=O) groups is 3. The third-order valence-electron chi connectivity index (χ3n) is 4.87. The molecule has 0 saturated heterocycles. The first-order valence-electron chi connectivity index (χ1n) is 11.3. The summed E-state index contributed by atoms with van der Waals surface area (Å²) in [6.07, 6.45) is 1.45. The van der Waals surface area contributed by atoms with E-state index >= 15 is 0 Å². The van der Waals surface area contributed by atoms with Crippen molar-refractivity contribution in [2.75, 3.05) is 11.9 Å². The monoisotopic (exact) mass is 507 g/mol. The lowest BCUT2D eigenvalue weighted by Crippen LogP contribution is -2.19. The molecule has 0 unspecified atom stereocenters. The summed E-state index contributed by atoms with van der Waals surface area (Å²) < 4.78 is 11.1. The highest BCUT2D eigenvalue weighted by Crippen LogP contribution is 2.29. The van der Waals surface area contributed by atoms with E-state index in [-0.39, 0.29) is 17.6 Å². The van der Waals surface area contributed by atoms with Crippen molar-refractivity contribution in [1.29, 1.82) is 0 Å². The van der Waals surface area contributed by atoms with Gasteiger partial charge in [-0.15, -0.1) is 0 Å². The summed E-state index contributed by atoms with van der Waals surface area (Å²) in [7, 11) is 0. The van der Waals surface area contributed by atoms with Crippen LogP contribution < -0.4 is 20.2 Å². The zero-order chi connectivity index (χ0) is 26.1. The molecule has 3 aromatic rings. The van der Waals surface area contributed by atoms with E-state index in [1.807, 2.05) is 6.92 Å². The third kappa shape index (κ3) is 7.41. The Labute approximate surface area is 214 Å². The van der Waals surface area contributed by atoms with Gasteiger partial charge < -0.3 is 14.8 Å². The van der Waals surface area contributed by atoms with Gasteiger partial charge in [0.25, 0.3) is 5.91 Å². The molecular weight excluding hydrogens is 482 g/mol. The number of esters is 1. The zero-order valence-corrected chi connectivity index (χ0v) is 20.8. The third-order valence-corrected chi connectivity index (χ3v) is 5.12. The van der Waals surface area contributed by atoms with E-state index in [1.165, 1.54) is 6.21 Å². The van der Waals surface area contributed by atoms with Crippen molar-refractivity contribution in [3.63, 3.8) is 0 Å². The van der Waals surface area contributed by atoms with Crippen LogP contribution in [0.2, 0.25) is 5.02 Å². The number of ether oxygens (including phenoxy) is 2. The Bertz CT molecular complexity index is 1260. The minimum Gasteiger partial charge on any atom is -0.490 e. The van der Waals surface area contributed by atoms with E-state index in [2.05, 4.69) is 15.8 Å². The molecule has 8 nitrogen and oxygen atoms in total. The first kappa shape index (κ1) is 26.4. The van der Waals surface area contributed by atoms with E-state index in [9.17, 15) is 14.4 Å². The lowest BCUT2D eigenvalue weighted by Gasteiger charge is -2.11. The van der Waals surface area contributed by atoms with Gasteiger partial charge in [-0.2, -0.15) is 5.10 Å². The number of nitrogens with zero attached hydrogens (tertiary/aromatic N) is 1. The fraction of sp³-hybridized carbons (Fsp3) is 0.185. The van der Waals surface area contributed by atoms with Crippen molar-refractivity contribution < 1.29 is 23.9 Å². The second-order valence-electron chi connectivity index (χ2n) is 7.96. The number of hydrogen-bond acceptors (Lipinski definition) is 6. The second-order valence-corrected chi connectivity index (χ2v) is 8.39. The molecule has 0 aliphatic rings. The molecule has 0 heterocycles. The van der Waals surface area contributed by atoms with Gasteiger partial charge in [0.15, 0.2) is 11.5 Å². The normalized spacial score (nSPS) is 10.8. The zero-order valence-electron chi connectivity index (χ0n) is 20.1. The molecule has 0 radical (unpaired) electrons. The molecular formula is C27H26ClN3O5. The van der Waals surface area contributed by atoms with E-state index in [0.717, 1.165) is 0 Å². The smallest absolute Gasteiger partial charge is 0.343 e. The van der Waals surface area contributed by atoms with Crippen LogP contribution in [0.5, 0.6) is 11.5 Å². The minimum atomic E-state index is -0.545. The van der Waals surface area contributed by atoms with Gasteiger partial charge >= 0.3 is 5.97 Å². The standard InChI is InChI=1S/C27H26ClN3O5/c1-4-35-24-15-18(5-14-23(24)36-27(34)20-6-10-21(28)11-7-20)16-29-31-26(33)19-8-12-22(13-9-19)30-25(32)17(2)3/h5-17H,4H2,1-3H3,(H,30,32)(H,31,33)/b29-16+. The number of rotatable bonds is 9. The molecule has 0 fully saturated rings. The van der Waals surface area contributed by atoms with E-state index in [0.29, 0.717) is 39.8 Å². The molecule has 0 aliphatic carbocycles. The summed E-state index contributed by atoms with van der Waals surface area (Å²) in [5.41, 5.74) is 4.42. The lowest BCUT2D eigenvalue weighted by molar-refractivity contribution is -0.118. The second kappa shape index (κ2) is 12.5. The average molecular weight is 508 g/mol. The van der Waals surface area contributed by atoms with Crippen molar-refractivity contribution in [3.05, 3.63) is 88.4 Å². The Kier molecular flexibility index (Phi) is 9.19. The largest absolute Gasteiger partial charge is 0.490 e. The van der Waals surface area contributed by atoms with Gasteiger partial charge in [-0.1, -0.05) is 25.4 Å². The summed E-state index contributed by atoms with van der Waals surface area (Å²) in [4.78, 5) is 36.6. The van der Waals surface area contributed by atoms with Crippen LogP contribution in [0.1, 0.15) is 47.1 Å². The minimum absolute atomic E-state index is 0.103. The quantitative estimate of drug-likeness (QED) is 0.176. The van der Waals surface area contributed by atoms with Crippen LogP contribution in [0.25, 0.3) is 0 Å². The Morgan fingerprint density at radius 2 is 1.61 bits per heavy atom. The van der Waals surface area contributed by atoms with Crippen molar-refractivity contribution >= 4 is 41.3 Å². The Balaban J connectivity index is 1.63. The number of benzene rings is 3. The molecule has 9 heteroatoms. The molecule has 3 rings (SSSR count). The predicted octanol–water partition coefficient (Wildman–Crippen LogP) is 5.32. The van der Waals surface area contributed by atoms with Crippen LogP contribution in [0.3, 0.4) is 0 Å². The van der Waals surface area contributed by atoms with E-state index in [4.69, 9.17) is 21.1 Å². The maximum absolute atomic E-state index is 12.4. The molecule has 0 atom stereocenters. The maximum atomic E-state index is 12.4. The van der Waals surface area contributed by atoms with Gasteiger partial charge in [0, 0.05) is 22.2 Å². The highest BCUT2D eigenvalue weighted by molar-refractivity contribution is 6.30. The SMILES string of the molecule is CCOc1cc(/C=N/NC(=O)c2ccc(NC(=O)C(C)C)cc2)ccc1OC(=O)c1ccc(Cl)cc1. The number of hydrogen-bond donors (Lipinski definition) is 2. The number of hydrazone groups is 1. The highest BCUT2D eigenvalue weighted by Gasteiger charge is 2.13. The van der Waals surface area contributed by atoms with Gasteiger partial charge in [0.1, 0.15) is 0 Å². The van der Waals surface area contributed by atoms with Gasteiger partial charge in [-0.05, 0) is 79.2 Å². The summed E-state index contributed by atoms with van der Waals surface area (Å²) in [6, 6.07) is 17.8. The van der Waals surface area contributed by atoms with E-state index in [1.54, 1.807) is 80.6 Å². The lowest BCUT2D eigenvalue weighted by atomic mass is 10.1. The van der Waals surface area contributed by atoms with Crippen molar-refractivity contribution in [1.82, 2.24) is 5.43 Å². The van der Waals surface area contributed by atoms with Crippen molar-refractivity contribution in [2.24, 2.45) is 11.0 Å². The molecule has 186 valence electrons. The van der Waals surface area contributed by atoms with Crippen molar-refractivity contribution in [3.8, 4) is 11.5 Å². The highest BCUT2D eigenvalue weighted by atomic mass is 35.5. The van der Waals surface area contributed by atoms with Crippen LogP contribution >= 0.6 is 11.6 Å². The van der Waals surface area contributed by atoms with Gasteiger partial charge in [0.05, 0.1) is 18.4 Å². The van der Waals surface area contributed by atoms with Crippen LogP contribution in [-0.4, -0.2) is 30.6 Å². The molecule has 2 N–H and O–H groups in total. The first-order chi connectivity index (χ1) is 17.3. The van der Waals surface area contributed by atoms with Gasteiger partial charge in [-0.3, -0.25) is 9.59 Å². The summed E-state index contributed by atoms with van der Waals surface area (Å²) in [5, 5.41) is 7.27. The number of anilines is 1. The molecule has 36 heavy (non-hydrogen) atoms. The molecule has 0 aliphatic heterocycles. The van der Waals surface area contributed by atoms with Crippen LogP contribution in [-0.2, 0) is 4.79 Å². The van der Waals surface area contributed by atoms with Crippen LogP contribution in [0.15, 0.2) is 71.8 Å². The van der Waals surface area contributed by atoms with Gasteiger partial charge in [0.2, 0.25) is 5.91 Å². The van der Waals surface area contributed by atoms with Crippen LogP contribution in [0, 0.1) is 5.92 Å². The predicted molar refractivity (Wildman–Crippen MR) is 139 cm³/mol. The molecule has 3 aromatic carbocycles. The summed E-state index contributed by atoms with van der Waals surface area (Å²) in [6.45, 7) is 5.77. The average Bonchev–Trinajstić information content (AvgIpc) is 2.86. The van der Waals surface area contributed by atoms with Crippen molar-refractivity contribution in [2.45, 2.75) is 20.8 Å².